The van der Waals surface area contributed by atoms with Crippen molar-refractivity contribution >= 4 is 25.2 Å². The fraction of sp³-hybridized carbons (Fsp3) is 0.692. The first-order chi connectivity index (χ1) is 8.46. The summed E-state index contributed by atoms with van der Waals surface area (Å²) < 4.78 is 7.19. The first-order valence-corrected chi connectivity index (χ1v) is 8.11. The minimum atomic E-state index is -0.429. The second kappa shape index (κ2) is 5.45. The molecule has 100 valence electrons. The number of esters is 1. The standard InChI is InChI=1S/C13H20N2O2Se/c1-13(2,3)17-11(16)10-9-14-12(18-10)15-7-5-4-6-8-15/h9H,4-8H2,1-3H3. The third-order valence-corrected chi connectivity index (χ3v) is 4.90. The predicted molar refractivity (Wildman–Crippen MR) is 72.4 cm³/mol. The molecule has 0 N–H and O–H groups in total. The molecule has 2 heterocycles. The summed E-state index contributed by atoms with van der Waals surface area (Å²) in [6, 6.07) is 0. The fourth-order valence-corrected chi connectivity index (χ4v) is 3.69. The van der Waals surface area contributed by atoms with Gasteiger partial charge in [-0.2, -0.15) is 0 Å². The van der Waals surface area contributed by atoms with E-state index in [1.807, 2.05) is 20.8 Å². The molecular weight excluding hydrogens is 295 g/mol. The normalized spacial score (nSPS) is 16.7. The summed E-state index contributed by atoms with van der Waals surface area (Å²) in [5.41, 5.74) is -0.429. The number of carbonyl (C=O) groups is 1. The van der Waals surface area contributed by atoms with Crippen molar-refractivity contribution in [3.63, 3.8) is 0 Å². The van der Waals surface area contributed by atoms with E-state index in [9.17, 15) is 4.79 Å². The quantitative estimate of drug-likeness (QED) is 0.619. The van der Waals surface area contributed by atoms with Crippen molar-refractivity contribution in [2.75, 3.05) is 18.0 Å². The van der Waals surface area contributed by atoms with Crippen LogP contribution in [0.15, 0.2) is 6.20 Å². The third kappa shape index (κ3) is 3.59. The summed E-state index contributed by atoms with van der Waals surface area (Å²) in [6.07, 6.45) is 5.47. The molecule has 0 aliphatic carbocycles. The molecule has 0 bridgehead atoms. The van der Waals surface area contributed by atoms with Crippen molar-refractivity contribution in [2.45, 2.75) is 45.6 Å². The van der Waals surface area contributed by atoms with E-state index in [0.29, 0.717) is 0 Å². The average Bonchev–Trinajstić information content (AvgIpc) is 2.77. The molecule has 1 saturated heterocycles. The summed E-state index contributed by atoms with van der Waals surface area (Å²) in [7, 11) is 0. The molecule has 18 heavy (non-hydrogen) atoms. The van der Waals surface area contributed by atoms with E-state index >= 15 is 0 Å². The first kappa shape index (κ1) is 13.6. The minimum absolute atomic E-state index is 0.0136. The van der Waals surface area contributed by atoms with Gasteiger partial charge >= 0.3 is 114 Å². The zero-order chi connectivity index (χ0) is 13.2. The summed E-state index contributed by atoms with van der Waals surface area (Å²) in [5.74, 6) is -0.210. The Morgan fingerprint density at radius 3 is 2.61 bits per heavy atom. The van der Waals surface area contributed by atoms with Crippen LogP contribution in [0.25, 0.3) is 0 Å². The molecule has 1 fully saturated rings. The summed E-state index contributed by atoms with van der Waals surface area (Å²) in [5, 5.41) is 0. The van der Waals surface area contributed by atoms with Gasteiger partial charge < -0.3 is 0 Å². The molecule has 5 heteroatoms. The van der Waals surface area contributed by atoms with Crippen LogP contribution in [0.3, 0.4) is 0 Å². The number of anilines is 1. The van der Waals surface area contributed by atoms with Gasteiger partial charge in [0.25, 0.3) is 0 Å². The van der Waals surface area contributed by atoms with E-state index in [0.717, 1.165) is 22.2 Å². The molecule has 0 unspecified atom stereocenters. The Labute approximate surface area is 114 Å². The molecular formula is C13H20N2O2Se. The number of hydrogen-bond acceptors (Lipinski definition) is 4. The molecule has 1 aromatic heterocycles. The van der Waals surface area contributed by atoms with Gasteiger partial charge in [0, 0.05) is 0 Å². The number of piperidine rings is 1. The van der Waals surface area contributed by atoms with Crippen molar-refractivity contribution < 1.29 is 9.53 Å². The molecule has 0 aromatic carbocycles. The monoisotopic (exact) mass is 316 g/mol. The van der Waals surface area contributed by atoms with Crippen molar-refractivity contribution in [1.29, 1.82) is 0 Å². The van der Waals surface area contributed by atoms with Gasteiger partial charge in [0.1, 0.15) is 0 Å². The number of ether oxygens (including phenoxy) is 1. The summed E-state index contributed by atoms with van der Waals surface area (Å²) >= 11 is 0.0136. The van der Waals surface area contributed by atoms with Gasteiger partial charge in [0.2, 0.25) is 0 Å². The predicted octanol–water partition coefficient (Wildman–Crippen LogP) is 2.08. The molecule has 4 nitrogen and oxygen atoms in total. The van der Waals surface area contributed by atoms with Gasteiger partial charge in [-0.3, -0.25) is 0 Å². The molecule has 0 saturated carbocycles. The zero-order valence-electron chi connectivity index (χ0n) is 11.2. The number of rotatable bonds is 2. The molecule has 1 aromatic rings. The second-order valence-electron chi connectivity index (χ2n) is 5.56. The third-order valence-electron chi connectivity index (χ3n) is 2.72. The summed E-state index contributed by atoms with van der Waals surface area (Å²) in [4.78, 5) is 18.6. The molecule has 0 atom stereocenters. The van der Waals surface area contributed by atoms with Crippen molar-refractivity contribution in [2.24, 2.45) is 0 Å². The van der Waals surface area contributed by atoms with E-state index in [1.54, 1.807) is 6.20 Å². The van der Waals surface area contributed by atoms with Crippen molar-refractivity contribution in [1.82, 2.24) is 4.98 Å². The van der Waals surface area contributed by atoms with Crippen LogP contribution in [0.5, 0.6) is 0 Å². The Morgan fingerprint density at radius 2 is 2.00 bits per heavy atom. The number of aromatic nitrogens is 1. The Balaban J connectivity index is 2.03. The fourth-order valence-electron chi connectivity index (χ4n) is 1.92. The van der Waals surface area contributed by atoms with Gasteiger partial charge in [-0.1, -0.05) is 0 Å². The van der Waals surface area contributed by atoms with Gasteiger partial charge in [-0.25, -0.2) is 0 Å². The Bertz CT molecular complexity index is 417. The van der Waals surface area contributed by atoms with Crippen LogP contribution >= 0.6 is 0 Å². The van der Waals surface area contributed by atoms with E-state index < -0.39 is 5.60 Å². The van der Waals surface area contributed by atoms with Crippen LogP contribution in [-0.4, -0.2) is 44.1 Å². The number of hydrogen-bond donors (Lipinski definition) is 0. The number of carbonyl (C=O) groups excluding carboxylic acids is 1. The SMILES string of the molecule is CC(C)(C)OC(=O)c1cnc(N2CCCCC2)[se]1. The van der Waals surface area contributed by atoms with E-state index in [4.69, 9.17) is 4.74 Å². The van der Waals surface area contributed by atoms with Crippen LogP contribution in [0, 0.1) is 0 Å². The van der Waals surface area contributed by atoms with Gasteiger partial charge in [0.05, 0.1) is 0 Å². The van der Waals surface area contributed by atoms with Crippen LogP contribution < -0.4 is 4.90 Å². The number of nitrogens with zero attached hydrogens (tertiary/aromatic N) is 2. The molecule has 0 radical (unpaired) electrons. The van der Waals surface area contributed by atoms with E-state index in [-0.39, 0.29) is 20.5 Å². The molecule has 0 amide bonds. The average molecular weight is 315 g/mol. The van der Waals surface area contributed by atoms with Gasteiger partial charge in [-0.05, 0) is 0 Å². The van der Waals surface area contributed by atoms with Crippen LogP contribution in [0.4, 0.5) is 4.69 Å². The van der Waals surface area contributed by atoms with Crippen LogP contribution in [0.1, 0.15) is 49.3 Å². The van der Waals surface area contributed by atoms with Crippen LogP contribution in [-0.2, 0) is 4.74 Å². The van der Waals surface area contributed by atoms with Crippen molar-refractivity contribution in [3.8, 4) is 0 Å². The maximum absolute atomic E-state index is 11.9. The first-order valence-electron chi connectivity index (χ1n) is 6.40. The molecule has 2 rings (SSSR count). The maximum atomic E-state index is 11.9. The topological polar surface area (TPSA) is 42.4 Å². The Morgan fingerprint density at radius 1 is 1.33 bits per heavy atom. The molecule has 1 aliphatic heterocycles. The van der Waals surface area contributed by atoms with Gasteiger partial charge in [-0.15, -0.1) is 0 Å². The Hall–Kier alpha value is -0.801. The Kier molecular flexibility index (Phi) is 4.13. The van der Waals surface area contributed by atoms with E-state index in [1.165, 1.54) is 19.3 Å². The van der Waals surface area contributed by atoms with E-state index in [2.05, 4.69) is 9.88 Å². The molecule has 0 spiro atoms. The summed E-state index contributed by atoms with van der Waals surface area (Å²) in [6.45, 7) is 7.82. The van der Waals surface area contributed by atoms with Gasteiger partial charge in [0.15, 0.2) is 0 Å². The molecule has 1 aliphatic rings. The van der Waals surface area contributed by atoms with Crippen molar-refractivity contribution in [3.05, 3.63) is 10.6 Å². The zero-order valence-corrected chi connectivity index (χ0v) is 12.9. The van der Waals surface area contributed by atoms with Crippen LogP contribution in [0.2, 0.25) is 0 Å². The second-order valence-corrected chi connectivity index (χ2v) is 7.67.